The molecule has 0 saturated heterocycles. The van der Waals surface area contributed by atoms with Crippen molar-refractivity contribution in [1.29, 1.82) is 0 Å². The summed E-state index contributed by atoms with van der Waals surface area (Å²) in [5.74, 6) is 2.01. The van der Waals surface area contributed by atoms with Gasteiger partial charge in [0, 0.05) is 12.6 Å². The van der Waals surface area contributed by atoms with Crippen molar-refractivity contribution in [3.63, 3.8) is 0 Å². The number of hydrogen-bond donors (Lipinski definition) is 2. The summed E-state index contributed by atoms with van der Waals surface area (Å²) >= 11 is 0. The molecule has 0 fully saturated rings. The fourth-order valence-electron chi connectivity index (χ4n) is 2.40. The Labute approximate surface area is 128 Å². The lowest BCUT2D eigenvalue weighted by molar-refractivity contribution is 0.143. The molecule has 0 aliphatic carbocycles. The average Bonchev–Trinajstić information content (AvgIpc) is 2.44. The molecule has 2 N–H and O–H groups in total. The van der Waals surface area contributed by atoms with Crippen LogP contribution >= 0.6 is 0 Å². The molecular weight excluding hydrogens is 266 g/mol. The lowest BCUT2D eigenvalue weighted by Crippen LogP contribution is -2.35. The molecule has 1 aromatic carbocycles. The lowest BCUT2D eigenvalue weighted by Gasteiger charge is -2.19. The number of benzene rings is 1. The van der Waals surface area contributed by atoms with Crippen molar-refractivity contribution < 1.29 is 14.6 Å². The summed E-state index contributed by atoms with van der Waals surface area (Å²) in [5, 5.41) is 13.3. The van der Waals surface area contributed by atoms with E-state index in [1.165, 1.54) is 5.56 Å². The highest BCUT2D eigenvalue weighted by molar-refractivity contribution is 5.43. The van der Waals surface area contributed by atoms with E-state index in [1.807, 2.05) is 18.2 Å². The van der Waals surface area contributed by atoms with Crippen LogP contribution in [0.25, 0.3) is 0 Å². The molecule has 4 nitrogen and oxygen atoms in total. The van der Waals surface area contributed by atoms with Crippen LogP contribution in [0.3, 0.4) is 0 Å². The molecule has 0 heterocycles. The van der Waals surface area contributed by atoms with Crippen molar-refractivity contribution in [2.75, 3.05) is 20.8 Å². The SMILES string of the molecule is COc1ccc(CC(C)NCC(O)CC(C)C)cc1OC. The minimum absolute atomic E-state index is 0.280. The second-order valence-electron chi connectivity index (χ2n) is 5.99. The predicted molar refractivity (Wildman–Crippen MR) is 86.2 cm³/mol. The molecule has 0 aliphatic heterocycles. The second kappa shape index (κ2) is 8.90. The molecule has 0 saturated carbocycles. The molecule has 1 aromatic rings. The topological polar surface area (TPSA) is 50.7 Å². The maximum Gasteiger partial charge on any atom is 0.160 e. The molecule has 0 radical (unpaired) electrons. The molecule has 0 aromatic heterocycles. The third-order valence-electron chi connectivity index (χ3n) is 3.44. The summed E-state index contributed by atoms with van der Waals surface area (Å²) < 4.78 is 10.6. The van der Waals surface area contributed by atoms with Gasteiger partial charge in [-0.1, -0.05) is 19.9 Å². The Hall–Kier alpha value is -1.26. The largest absolute Gasteiger partial charge is 0.493 e. The first-order chi connectivity index (χ1) is 9.96. The van der Waals surface area contributed by atoms with Gasteiger partial charge in [-0.05, 0) is 43.4 Å². The molecule has 0 bridgehead atoms. The normalized spacial score (nSPS) is 14.0. The molecule has 0 spiro atoms. The van der Waals surface area contributed by atoms with Gasteiger partial charge in [0.1, 0.15) is 0 Å². The molecule has 2 atom stereocenters. The van der Waals surface area contributed by atoms with Gasteiger partial charge < -0.3 is 19.9 Å². The minimum Gasteiger partial charge on any atom is -0.493 e. The fraction of sp³-hybridized carbons (Fsp3) is 0.647. The number of aliphatic hydroxyl groups is 1. The minimum atomic E-state index is -0.280. The van der Waals surface area contributed by atoms with Crippen LogP contribution in [-0.2, 0) is 6.42 Å². The van der Waals surface area contributed by atoms with E-state index in [2.05, 4.69) is 26.1 Å². The summed E-state index contributed by atoms with van der Waals surface area (Å²) in [6.45, 7) is 7.00. The Morgan fingerprint density at radius 3 is 2.33 bits per heavy atom. The molecule has 0 aliphatic rings. The van der Waals surface area contributed by atoms with Gasteiger partial charge in [-0.15, -0.1) is 0 Å². The summed E-state index contributed by atoms with van der Waals surface area (Å²) in [6, 6.07) is 6.27. The van der Waals surface area contributed by atoms with Crippen LogP contribution in [0, 0.1) is 5.92 Å². The van der Waals surface area contributed by atoms with Gasteiger partial charge in [0.05, 0.1) is 20.3 Å². The van der Waals surface area contributed by atoms with Crippen LogP contribution in [-0.4, -0.2) is 38.0 Å². The van der Waals surface area contributed by atoms with Crippen LogP contribution in [0.2, 0.25) is 0 Å². The Kier molecular flexibility index (Phi) is 7.54. The quantitative estimate of drug-likeness (QED) is 0.735. The Morgan fingerprint density at radius 2 is 1.76 bits per heavy atom. The van der Waals surface area contributed by atoms with E-state index >= 15 is 0 Å². The van der Waals surface area contributed by atoms with Crippen molar-refractivity contribution in [1.82, 2.24) is 5.32 Å². The Morgan fingerprint density at radius 1 is 1.10 bits per heavy atom. The number of ether oxygens (including phenoxy) is 2. The van der Waals surface area contributed by atoms with E-state index in [9.17, 15) is 5.11 Å². The number of methoxy groups -OCH3 is 2. The van der Waals surface area contributed by atoms with E-state index in [1.54, 1.807) is 14.2 Å². The molecule has 1 rings (SSSR count). The Balaban J connectivity index is 2.49. The third kappa shape index (κ3) is 6.36. The molecular formula is C17H29NO3. The highest BCUT2D eigenvalue weighted by Gasteiger charge is 2.11. The molecule has 21 heavy (non-hydrogen) atoms. The number of nitrogens with one attached hydrogen (secondary N) is 1. The van der Waals surface area contributed by atoms with Crippen molar-refractivity contribution in [3.05, 3.63) is 23.8 Å². The first-order valence-electron chi connectivity index (χ1n) is 7.58. The van der Waals surface area contributed by atoms with Gasteiger partial charge >= 0.3 is 0 Å². The van der Waals surface area contributed by atoms with Crippen molar-refractivity contribution >= 4 is 0 Å². The summed E-state index contributed by atoms with van der Waals surface area (Å²) in [4.78, 5) is 0. The molecule has 4 heteroatoms. The molecule has 2 unspecified atom stereocenters. The van der Waals surface area contributed by atoms with E-state index < -0.39 is 0 Å². The number of hydrogen-bond acceptors (Lipinski definition) is 4. The van der Waals surface area contributed by atoms with Gasteiger partial charge in [0.2, 0.25) is 0 Å². The smallest absolute Gasteiger partial charge is 0.160 e. The molecule has 0 amide bonds. The zero-order valence-corrected chi connectivity index (χ0v) is 13.8. The predicted octanol–water partition coefficient (Wildman–Crippen LogP) is 2.63. The monoisotopic (exact) mass is 295 g/mol. The van der Waals surface area contributed by atoms with Gasteiger partial charge in [-0.2, -0.15) is 0 Å². The van der Waals surface area contributed by atoms with Gasteiger partial charge in [-0.3, -0.25) is 0 Å². The lowest BCUT2D eigenvalue weighted by atomic mass is 10.0. The van der Waals surface area contributed by atoms with Crippen LogP contribution in [0.15, 0.2) is 18.2 Å². The highest BCUT2D eigenvalue weighted by atomic mass is 16.5. The summed E-state index contributed by atoms with van der Waals surface area (Å²) in [6.07, 6.45) is 1.43. The zero-order chi connectivity index (χ0) is 15.8. The van der Waals surface area contributed by atoms with Crippen LogP contribution < -0.4 is 14.8 Å². The van der Waals surface area contributed by atoms with Crippen LogP contribution in [0.4, 0.5) is 0 Å². The maximum atomic E-state index is 9.89. The number of rotatable bonds is 9. The summed E-state index contributed by atoms with van der Waals surface area (Å²) in [7, 11) is 3.28. The zero-order valence-electron chi connectivity index (χ0n) is 13.8. The highest BCUT2D eigenvalue weighted by Crippen LogP contribution is 2.27. The van der Waals surface area contributed by atoms with Gasteiger partial charge in [0.15, 0.2) is 11.5 Å². The molecule has 120 valence electrons. The number of aliphatic hydroxyl groups excluding tert-OH is 1. The first kappa shape index (κ1) is 17.8. The Bertz CT molecular complexity index is 420. The standard InChI is InChI=1S/C17H29NO3/c1-12(2)8-15(19)11-18-13(3)9-14-6-7-16(20-4)17(10-14)21-5/h6-7,10,12-13,15,18-19H,8-9,11H2,1-5H3. The van der Waals surface area contributed by atoms with Gasteiger partial charge in [0.25, 0.3) is 0 Å². The van der Waals surface area contributed by atoms with Crippen molar-refractivity contribution in [2.45, 2.75) is 45.8 Å². The van der Waals surface area contributed by atoms with Crippen molar-refractivity contribution in [2.24, 2.45) is 5.92 Å². The van der Waals surface area contributed by atoms with E-state index in [0.717, 1.165) is 24.3 Å². The van der Waals surface area contributed by atoms with E-state index in [4.69, 9.17) is 9.47 Å². The first-order valence-corrected chi connectivity index (χ1v) is 7.58. The summed E-state index contributed by atoms with van der Waals surface area (Å²) in [5.41, 5.74) is 1.19. The maximum absolute atomic E-state index is 9.89. The van der Waals surface area contributed by atoms with E-state index in [0.29, 0.717) is 18.5 Å². The van der Waals surface area contributed by atoms with Crippen molar-refractivity contribution in [3.8, 4) is 11.5 Å². The van der Waals surface area contributed by atoms with E-state index in [-0.39, 0.29) is 6.10 Å². The third-order valence-corrected chi connectivity index (χ3v) is 3.44. The van der Waals surface area contributed by atoms with Gasteiger partial charge in [-0.25, -0.2) is 0 Å². The second-order valence-corrected chi connectivity index (χ2v) is 5.99. The van der Waals surface area contributed by atoms with Crippen LogP contribution in [0.1, 0.15) is 32.8 Å². The fourth-order valence-corrected chi connectivity index (χ4v) is 2.40. The van der Waals surface area contributed by atoms with Crippen LogP contribution in [0.5, 0.6) is 11.5 Å². The average molecular weight is 295 g/mol.